The standard InChI is InChI=1S/C21H22N4O3/c1-3-21(2)19(26)25(20(27)24-21)15-7-9-18(23-12-15)28-17-8-4-13(11-22)10-16(17)14-5-6-14/h4,7-10,12,14,19,26H,3,5-6H2,1-2H3,(H,24,27)/t19?,21-/m1/s1. The average molecular weight is 378 g/mol. The van der Waals surface area contributed by atoms with E-state index in [1.807, 2.05) is 19.9 Å². The van der Waals surface area contributed by atoms with E-state index in [4.69, 9.17) is 10.00 Å². The summed E-state index contributed by atoms with van der Waals surface area (Å²) in [5.41, 5.74) is 1.44. The maximum Gasteiger partial charge on any atom is 0.324 e. The zero-order chi connectivity index (χ0) is 19.9. The number of aliphatic hydroxyl groups excluding tert-OH is 1. The van der Waals surface area contributed by atoms with Gasteiger partial charge in [0.2, 0.25) is 5.88 Å². The molecule has 2 heterocycles. The van der Waals surface area contributed by atoms with Crippen LogP contribution < -0.4 is 15.0 Å². The van der Waals surface area contributed by atoms with Crippen molar-refractivity contribution in [2.45, 2.75) is 50.8 Å². The molecule has 4 rings (SSSR count). The molecular formula is C21H22N4O3. The lowest BCUT2D eigenvalue weighted by molar-refractivity contribution is 0.107. The zero-order valence-corrected chi connectivity index (χ0v) is 15.8. The van der Waals surface area contributed by atoms with Crippen LogP contribution >= 0.6 is 0 Å². The Morgan fingerprint density at radius 2 is 2.18 bits per heavy atom. The molecular weight excluding hydrogens is 356 g/mol. The van der Waals surface area contributed by atoms with Crippen molar-refractivity contribution in [2.75, 3.05) is 4.90 Å². The molecule has 2 fully saturated rings. The fourth-order valence-corrected chi connectivity index (χ4v) is 3.41. The summed E-state index contributed by atoms with van der Waals surface area (Å²) in [6.07, 6.45) is 3.33. The van der Waals surface area contributed by atoms with E-state index in [9.17, 15) is 9.90 Å². The highest BCUT2D eigenvalue weighted by Gasteiger charge is 2.47. The molecule has 1 aliphatic heterocycles. The predicted molar refractivity (Wildman–Crippen MR) is 103 cm³/mol. The largest absolute Gasteiger partial charge is 0.439 e. The van der Waals surface area contributed by atoms with Gasteiger partial charge in [-0.15, -0.1) is 0 Å². The molecule has 2 N–H and O–H groups in total. The third-order valence-electron chi connectivity index (χ3n) is 5.53. The monoisotopic (exact) mass is 378 g/mol. The van der Waals surface area contributed by atoms with Crippen LogP contribution in [0.25, 0.3) is 0 Å². The first kappa shape index (κ1) is 18.3. The Kier molecular flexibility index (Phi) is 4.44. The molecule has 2 amide bonds. The van der Waals surface area contributed by atoms with E-state index in [1.54, 1.807) is 24.3 Å². The summed E-state index contributed by atoms with van der Waals surface area (Å²) in [5.74, 6) is 1.51. The van der Waals surface area contributed by atoms with Crippen LogP contribution in [0.1, 0.15) is 50.2 Å². The lowest BCUT2D eigenvalue weighted by Crippen LogP contribution is -2.46. The lowest BCUT2D eigenvalue weighted by Gasteiger charge is -2.28. The van der Waals surface area contributed by atoms with Gasteiger partial charge in [0.25, 0.3) is 0 Å². The zero-order valence-electron chi connectivity index (χ0n) is 15.8. The highest BCUT2D eigenvalue weighted by molar-refractivity contribution is 5.95. The number of hydrogen-bond donors (Lipinski definition) is 2. The first-order valence-corrected chi connectivity index (χ1v) is 9.42. The van der Waals surface area contributed by atoms with Crippen LogP contribution in [0.2, 0.25) is 0 Å². The second kappa shape index (κ2) is 6.80. The summed E-state index contributed by atoms with van der Waals surface area (Å²) in [6, 6.07) is 10.6. The van der Waals surface area contributed by atoms with Gasteiger partial charge in [-0.3, -0.25) is 4.90 Å². The fraction of sp³-hybridized carbons (Fsp3) is 0.381. The van der Waals surface area contributed by atoms with E-state index in [1.165, 1.54) is 11.1 Å². The van der Waals surface area contributed by atoms with Crippen molar-refractivity contribution in [1.82, 2.24) is 10.3 Å². The van der Waals surface area contributed by atoms with E-state index in [2.05, 4.69) is 16.4 Å². The number of pyridine rings is 1. The summed E-state index contributed by atoms with van der Waals surface area (Å²) in [5, 5.41) is 22.5. The average Bonchev–Trinajstić information content (AvgIpc) is 3.51. The van der Waals surface area contributed by atoms with Crippen molar-refractivity contribution < 1.29 is 14.6 Å². The van der Waals surface area contributed by atoms with Crippen molar-refractivity contribution in [3.63, 3.8) is 0 Å². The van der Waals surface area contributed by atoms with Crippen LogP contribution in [-0.2, 0) is 0 Å². The molecule has 1 unspecified atom stereocenters. The highest BCUT2D eigenvalue weighted by atomic mass is 16.5. The van der Waals surface area contributed by atoms with Crippen molar-refractivity contribution in [1.29, 1.82) is 5.26 Å². The Morgan fingerprint density at radius 3 is 2.75 bits per heavy atom. The van der Waals surface area contributed by atoms with E-state index < -0.39 is 11.8 Å². The third-order valence-corrected chi connectivity index (χ3v) is 5.53. The molecule has 1 saturated heterocycles. The molecule has 2 atom stereocenters. The van der Waals surface area contributed by atoms with Gasteiger partial charge in [0.05, 0.1) is 29.1 Å². The molecule has 1 aromatic carbocycles. The molecule has 7 nitrogen and oxygen atoms in total. The number of anilines is 1. The summed E-state index contributed by atoms with van der Waals surface area (Å²) in [7, 11) is 0. The van der Waals surface area contributed by atoms with Gasteiger partial charge in [-0.2, -0.15) is 5.26 Å². The minimum atomic E-state index is -0.974. The predicted octanol–water partition coefficient (Wildman–Crippen LogP) is 3.64. The van der Waals surface area contributed by atoms with Gasteiger partial charge < -0.3 is 15.2 Å². The van der Waals surface area contributed by atoms with E-state index in [0.717, 1.165) is 18.4 Å². The van der Waals surface area contributed by atoms with Crippen LogP contribution in [0.4, 0.5) is 10.5 Å². The van der Waals surface area contributed by atoms with Crippen LogP contribution in [-0.4, -0.2) is 27.9 Å². The number of aliphatic hydroxyl groups is 1. The van der Waals surface area contributed by atoms with Crippen molar-refractivity contribution >= 4 is 11.7 Å². The van der Waals surface area contributed by atoms with E-state index in [0.29, 0.717) is 35.2 Å². The smallest absolute Gasteiger partial charge is 0.324 e. The van der Waals surface area contributed by atoms with Gasteiger partial charge in [0, 0.05) is 6.07 Å². The highest BCUT2D eigenvalue weighted by Crippen LogP contribution is 2.45. The van der Waals surface area contributed by atoms with Gasteiger partial charge in [-0.1, -0.05) is 6.92 Å². The Labute approximate surface area is 163 Å². The van der Waals surface area contributed by atoms with Gasteiger partial charge in [0.15, 0.2) is 6.23 Å². The number of ether oxygens (including phenoxy) is 1. The van der Waals surface area contributed by atoms with Gasteiger partial charge >= 0.3 is 6.03 Å². The molecule has 2 aliphatic rings. The van der Waals surface area contributed by atoms with Gasteiger partial charge in [-0.25, -0.2) is 9.78 Å². The van der Waals surface area contributed by atoms with Crippen LogP contribution in [0.5, 0.6) is 11.6 Å². The number of amides is 2. The molecule has 2 aromatic rings. The maximum absolute atomic E-state index is 12.3. The molecule has 1 aromatic heterocycles. The number of nitrogens with zero attached hydrogens (tertiary/aromatic N) is 3. The number of carbonyl (C=O) groups excluding carboxylic acids is 1. The quantitative estimate of drug-likeness (QED) is 0.828. The number of rotatable bonds is 5. The summed E-state index contributed by atoms with van der Waals surface area (Å²) >= 11 is 0. The van der Waals surface area contributed by atoms with Crippen molar-refractivity contribution in [2.24, 2.45) is 0 Å². The normalized spacial score (nSPS) is 24.0. The molecule has 1 aliphatic carbocycles. The molecule has 0 spiro atoms. The lowest BCUT2D eigenvalue weighted by atomic mass is 9.98. The molecule has 144 valence electrons. The first-order chi connectivity index (χ1) is 13.4. The van der Waals surface area contributed by atoms with Gasteiger partial charge in [0.1, 0.15) is 5.75 Å². The maximum atomic E-state index is 12.3. The Balaban J connectivity index is 1.55. The first-order valence-electron chi connectivity index (χ1n) is 9.42. The van der Waals surface area contributed by atoms with Crippen LogP contribution in [0.3, 0.4) is 0 Å². The van der Waals surface area contributed by atoms with Crippen molar-refractivity contribution in [3.8, 4) is 17.7 Å². The number of aromatic nitrogens is 1. The number of carbonyl (C=O) groups is 1. The van der Waals surface area contributed by atoms with Crippen LogP contribution in [0, 0.1) is 11.3 Å². The SMILES string of the molecule is CC[C@@]1(C)NC(=O)N(c2ccc(Oc3ccc(C#N)cc3C3CC3)nc2)C1O. The minimum Gasteiger partial charge on any atom is -0.439 e. The minimum absolute atomic E-state index is 0.351. The molecule has 28 heavy (non-hydrogen) atoms. The number of urea groups is 1. The molecule has 7 heteroatoms. The molecule has 0 radical (unpaired) electrons. The summed E-state index contributed by atoms with van der Waals surface area (Å²) in [4.78, 5) is 17.9. The molecule has 0 bridgehead atoms. The Morgan fingerprint density at radius 1 is 1.39 bits per heavy atom. The second-order valence-corrected chi connectivity index (χ2v) is 7.54. The fourth-order valence-electron chi connectivity index (χ4n) is 3.41. The third kappa shape index (κ3) is 3.16. The molecule has 1 saturated carbocycles. The second-order valence-electron chi connectivity index (χ2n) is 7.54. The number of nitriles is 1. The Hall–Kier alpha value is -3.11. The number of nitrogens with one attached hydrogen (secondary N) is 1. The van der Waals surface area contributed by atoms with E-state index >= 15 is 0 Å². The Bertz CT molecular complexity index is 949. The summed E-state index contributed by atoms with van der Waals surface area (Å²) in [6.45, 7) is 3.72. The van der Waals surface area contributed by atoms with Crippen molar-refractivity contribution in [3.05, 3.63) is 47.7 Å². The number of benzene rings is 1. The topological polar surface area (TPSA) is 98.5 Å². The number of hydrogen-bond acceptors (Lipinski definition) is 5. The van der Waals surface area contributed by atoms with E-state index in [-0.39, 0.29) is 6.03 Å². The summed E-state index contributed by atoms with van der Waals surface area (Å²) < 4.78 is 5.94. The van der Waals surface area contributed by atoms with Gasteiger partial charge in [-0.05, 0) is 61.9 Å². The van der Waals surface area contributed by atoms with Crippen LogP contribution in [0.15, 0.2) is 36.5 Å².